The molecule has 0 saturated carbocycles. The Morgan fingerprint density at radius 1 is 1.00 bits per heavy atom. The minimum atomic E-state index is -3.47. The van der Waals surface area contributed by atoms with E-state index in [9.17, 15) is 18.0 Å². The third kappa shape index (κ3) is 5.42. The highest BCUT2D eigenvalue weighted by atomic mass is 32.2. The molecule has 1 amide bonds. The fraction of sp³-hybridized carbons (Fsp3) is 0.222. The molecular weight excluding hydrogens is 342 g/mol. The first-order valence-electron chi connectivity index (χ1n) is 7.64. The number of methoxy groups -OCH3 is 1. The molecule has 0 aliphatic heterocycles. The Morgan fingerprint density at radius 3 is 2.24 bits per heavy atom. The van der Waals surface area contributed by atoms with E-state index in [1.165, 1.54) is 19.2 Å². The Labute approximate surface area is 146 Å². The van der Waals surface area contributed by atoms with Crippen LogP contribution in [0.5, 0.6) is 0 Å². The van der Waals surface area contributed by atoms with Crippen molar-refractivity contribution >= 4 is 21.7 Å². The van der Waals surface area contributed by atoms with Crippen LogP contribution in [0.25, 0.3) is 0 Å². The summed E-state index contributed by atoms with van der Waals surface area (Å²) in [6, 6.07) is 14.7. The lowest BCUT2D eigenvalue weighted by atomic mass is 10.1. The zero-order valence-corrected chi connectivity index (χ0v) is 14.6. The van der Waals surface area contributed by atoms with E-state index in [4.69, 9.17) is 0 Å². The minimum absolute atomic E-state index is 0.114. The average Bonchev–Trinajstić information content (AvgIpc) is 2.65. The minimum Gasteiger partial charge on any atom is -0.465 e. The molecule has 25 heavy (non-hydrogen) atoms. The van der Waals surface area contributed by atoms with Gasteiger partial charge in [0.05, 0.1) is 23.3 Å². The molecule has 0 aliphatic carbocycles. The van der Waals surface area contributed by atoms with Crippen LogP contribution in [-0.4, -0.2) is 33.2 Å². The summed E-state index contributed by atoms with van der Waals surface area (Å²) in [4.78, 5) is 23.4. The van der Waals surface area contributed by atoms with E-state index in [0.717, 1.165) is 5.56 Å². The van der Waals surface area contributed by atoms with E-state index in [0.29, 0.717) is 5.56 Å². The normalized spacial score (nSPS) is 10.9. The maximum absolute atomic E-state index is 12.1. The van der Waals surface area contributed by atoms with E-state index in [1.807, 2.05) is 0 Å². The Morgan fingerprint density at radius 2 is 1.64 bits per heavy atom. The van der Waals surface area contributed by atoms with Crippen molar-refractivity contribution in [2.75, 3.05) is 12.9 Å². The summed E-state index contributed by atoms with van der Waals surface area (Å²) in [6.45, 7) is 0.256. The van der Waals surface area contributed by atoms with Crippen LogP contribution < -0.4 is 5.32 Å². The van der Waals surface area contributed by atoms with Gasteiger partial charge in [-0.2, -0.15) is 0 Å². The lowest BCUT2D eigenvalue weighted by Gasteiger charge is -2.07. The fourth-order valence-corrected chi connectivity index (χ4v) is 3.40. The largest absolute Gasteiger partial charge is 0.465 e. The Bertz CT molecular complexity index is 830. The van der Waals surface area contributed by atoms with Crippen molar-refractivity contribution in [2.24, 2.45) is 0 Å². The molecule has 0 spiro atoms. The molecule has 132 valence electrons. The highest BCUT2D eigenvalue weighted by Gasteiger charge is 2.15. The van der Waals surface area contributed by atoms with Gasteiger partial charge in [-0.15, -0.1) is 0 Å². The molecule has 0 unspecified atom stereocenters. The van der Waals surface area contributed by atoms with Crippen LogP contribution in [0.4, 0.5) is 0 Å². The number of carbonyl (C=O) groups excluding carboxylic acids is 2. The molecule has 6 nitrogen and oxygen atoms in total. The maximum atomic E-state index is 12.1. The van der Waals surface area contributed by atoms with Crippen LogP contribution in [0.1, 0.15) is 22.3 Å². The zero-order chi connectivity index (χ0) is 18.3. The Kier molecular flexibility index (Phi) is 6.30. The second-order valence-corrected chi connectivity index (χ2v) is 7.46. The fourth-order valence-electron chi connectivity index (χ4n) is 2.14. The number of amides is 1. The first-order chi connectivity index (χ1) is 11.9. The van der Waals surface area contributed by atoms with Crippen LogP contribution in [-0.2, 0) is 25.9 Å². The molecule has 0 heterocycles. The first-order valence-corrected chi connectivity index (χ1v) is 9.29. The van der Waals surface area contributed by atoms with Crippen LogP contribution in [0, 0.1) is 0 Å². The van der Waals surface area contributed by atoms with Gasteiger partial charge in [0.25, 0.3) is 0 Å². The van der Waals surface area contributed by atoms with E-state index < -0.39 is 15.8 Å². The van der Waals surface area contributed by atoms with Gasteiger partial charge in [-0.25, -0.2) is 13.2 Å². The number of carbonyl (C=O) groups is 2. The van der Waals surface area contributed by atoms with Crippen molar-refractivity contribution in [3.05, 3.63) is 65.7 Å². The third-order valence-corrected chi connectivity index (χ3v) is 5.30. The van der Waals surface area contributed by atoms with Gasteiger partial charge in [0.2, 0.25) is 5.91 Å². The summed E-state index contributed by atoms with van der Waals surface area (Å²) in [6.07, 6.45) is -0.114. The smallest absolute Gasteiger partial charge is 0.337 e. The summed E-state index contributed by atoms with van der Waals surface area (Å²) in [7, 11) is -2.16. The van der Waals surface area contributed by atoms with E-state index in [1.54, 1.807) is 42.5 Å². The summed E-state index contributed by atoms with van der Waals surface area (Å²) in [5.41, 5.74) is 1.22. The number of rotatable bonds is 7. The van der Waals surface area contributed by atoms with Gasteiger partial charge in [0.15, 0.2) is 9.84 Å². The molecule has 7 heteroatoms. The molecule has 2 aromatic rings. The topological polar surface area (TPSA) is 89.5 Å². The van der Waals surface area contributed by atoms with Crippen LogP contribution in [0.15, 0.2) is 59.5 Å². The third-order valence-electron chi connectivity index (χ3n) is 3.56. The van der Waals surface area contributed by atoms with Gasteiger partial charge in [-0.05, 0) is 29.8 Å². The average molecular weight is 361 g/mol. The van der Waals surface area contributed by atoms with Crippen LogP contribution in [0.2, 0.25) is 0 Å². The molecule has 0 radical (unpaired) electrons. The SMILES string of the molecule is COC(=O)c1ccc(CNC(=O)CCS(=O)(=O)c2ccccc2)cc1. The molecular formula is C18H19NO5S. The number of hydrogen-bond acceptors (Lipinski definition) is 5. The van der Waals surface area contributed by atoms with Gasteiger partial charge in [0.1, 0.15) is 0 Å². The van der Waals surface area contributed by atoms with E-state index in [2.05, 4.69) is 10.1 Å². The van der Waals surface area contributed by atoms with Crippen molar-refractivity contribution < 1.29 is 22.7 Å². The quantitative estimate of drug-likeness (QED) is 0.762. The summed E-state index contributed by atoms with van der Waals surface area (Å²) >= 11 is 0. The highest BCUT2D eigenvalue weighted by molar-refractivity contribution is 7.91. The number of nitrogens with one attached hydrogen (secondary N) is 1. The maximum Gasteiger partial charge on any atom is 0.337 e. The number of sulfone groups is 1. The van der Waals surface area contributed by atoms with Gasteiger partial charge in [-0.3, -0.25) is 4.79 Å². The molecule has 0 aromatic heterocycles. The van der Waals surface area contributed by atoms with Crippen molar-refractivity contribution in [1.82, 2.24) is 5.32 Å². The summed E-state index contributed by atoms with van der Waals surface area (Å²) < 4.78 is 28.8. The molecule has 0 atom stereocenters. The molecule has 0 saturated heterocycles. The second-order valence-electron chi connectivity index (χ2n) is 5.35. The van der Waals surface area contributed by atoms with Crippen LogP contribution in [0.3, 0.4) is 0 Å². The zero-order valence-electron chi connectivity index (χ0n) is 13.8. The van der Waals surface area contributed by atoms with Crippen molar-refractivity contribution in [2.45, 2.75) is 17.9 Å². The molecule has 0 fully saturated rings. The molecule has 2 rings (SSSR count). The van der Waals surface area contributed by atoms with Crippen molar-refractivity contribution in [3.63, 3.8) is 0 Å². The van der Waals surface area contributed by atoms with Gasteiger partial charge >= 0.3 is 5.97 Å². The van der Waals surface area contributed by atoms with E-state index in [-0.39, 0.29) is 29.5 Å². The predicted molar refractivity (Wildman–Crippen MR) is 92.7 cm³/mol. The predicted octanol–water partition coefficient (Wildman–Crippen LogP) is 1.95. The molecule has 1 N–H and O–H groups in total. The van der Waals surface area contributed by atoms with E-state index >= 15 is 0 Å². The Hall–Kier alpha value is -2.67. The number of hydrogen-bond donors (Lipinski definition) is 1. The number of esters is 1. The highest BCUT2D eigenvalue weighted by Crippen LogP contribution is 2.11. The summed E-state index contributed by atoms with van der Waals surface area (Å²) in [5, 5.41) is 2.67. The monoisotopic (exact) mass is 361 g/mol. The van der Waals surface area contributed by atoms with Gasteiger partial charge in [0, 0.05) is 13.0 Å². The number of ether oxygens (including phenoxy) is 1. The first kappa shape index (κ1) is 18.7. The molecule has 0 aliphatic rings. The molecule has 2 aromatic carbocycles. The number of benzene rings is 2. The lowest BCUT2D eigenvalue weighted by Crippen LogP contribution is -2.25. The summed E-state index contributed by atoms with van der Waals surface area (Å²) in [5.74, 6) is -1.03. The Balaban J connectivity index is 1.84. The van der Waals surface area contributed by atoms with Crippen LogP contribution >= 0.6 is 0 Å². The second kappa shape index (κ2) is 8.43. The van der Waals surface area contributed by atoms with Gasteiger partial charge < -0.3 is 10.1 Å². The standard InChI is InChI=1S/C18H19NO5S/c1-24-18(21)15-9-7-14(8-10-15)13-19-17(20)11-12-25(22,23)16-5-3-2-4-6-16/h2-10H,11-13H2,1H3,(H,19,20). The molecule has 0 bridgehead atoms. The van der Waals surface area contributed by atoms with Gasteiger partial charge in [-0.1, -0.05) is 30.3 Å². The lowest BCUT2D eigenvalue weighted by molar-refractivity contribution is -0.120. The van der Waals surface area contributed by atoms with Crippen molar-refractivity contribution in [1.29, 1.82) is 0 Å². The van der Waals surface area contributed by atoms with Crippen molar-refractivity contribution in [3.8, 4) is 0 Å².